The molecule has 1 saturated heterocycles. The Hall–Kier alpha value is -2.08. The second-order valence-corrected chi connectivity index (χ2v) is 7.32. The van der Waals surface area contributed by atoms with Crippen molar-refractivity contribution < 1.29 is 17.9 Å². The van der Waals surface area contributed by atoms with Crippen LogP contribution in [0.2, 0.25) is 0 Å². The first-order valence-electron chi connectivity index (χ1n) is 7.40. The largest absolute Gasteiger partial charge is 0.443 e. The Bertz CT molecular complexity index is 734. The molecule has 124 valence electrons. The topological polar surface area (TPSA) is 63.7 Å². The van der Waals surface area contributed by atoms with Gasteiger partial charge in [-0.1, -0.05) is 29.8 Å². The summed E-state index contributed by atoms with van der Waals surface area (Å²) in [6.45, 7) is 9.06. The maximum Gasteiger partial charge on any atom is 0.424 e. The molecule has 0 spiro atoms. The van der Waals surface area contributed by atoms with E-state index in [0.29, 0.717) is 6.42 Å². The summed E-state index contributed by atoms with van der Waals surface area (Å²) >= 11 is 0. The average molecular weight is 335 g/mol. The van der Waals surface area contributed by atoms with Crippen molar-refractivity contribution in [3.8, 4) is 0 Å². The maximum atomic E-state index is 12.9. The van der Waals surface area contributed by atoms with Crippen LogP contribution in [-0.2, 0) is 14.8 Å². The molecule has 1 fully saturated rings. The van der Waals surface area contributed by atoms with Crippen LogP contribution in [0.25, 0.3) is 0 Å². The average Bonchev–Trinajstić information content (AvgIpc) is 2.80. The SMILES string of the molecule is C=CC/C(=C\C)[C@H]1[C@H](C)OC(=O)N1S(=O)(=O)c1ccc(C)cc1. The number of allylic oxidation sites excluding steroid dienone is 2. The minimum absolute atomic E-state index is 0.0770. The van der Waals surface area contributed by atoms with Crippen LogP contribution in [0.3, 0.4) is 0 Å². The quantitative estimate of drug-likeness (QED) is 0.774. The number of benzene rings is 1. The molecule has 1 aromatic rings. The highest BCUT2D eigenvalue weighted by Gasteiger charge is 2.48. The van der Waals surface area contributed by atoms with Gasteiger partial charge in [0.15, 0.2) is 0 Å². The Balaban J connectivity index is 2.50. The Labute approximate surface area is 137 Å². The van der Waals surface area contributed by atoms with Gasteiger partial charge in [0.2, 0.25) is 0 Å². The molecule has 0 saturated carbocycles. The van der Waals surface area contributed by atoms with Gasteiger partial charge >= 0.3 is 6.09 Å². The number of rotatable bonds is 5. The van der Waals surface area contributed by atoms with Crippen molar-refractivity contribution >= 4 is 16.1 Å². The summed E-state index contributed by atoms with van der Waals surface area (Å²) in [6, 6.07) is 5.75. The zero-order chi connectivity index (χ0) is 17.2. The summed E-state index contributed by atoms with van der Waals surface area (Å²) in [5.41, 5.74) is 1.73. The molecular formula is C17H21NO4S. The molecule has 1 aliphatic heterocycles. The molecule has 1 amide bonds. The molecular weight excluding hydrogens is 314 g/mol. The predicted octanol–water partition coefficient (Wildman–Crippen LogP) is 3.42. The van der Waals surface area contributed by atoms with Gasteiger partial charge in [-0.2, -0.15) is 4.31 Å². The molecule has 0 radical (unpaired) electrons. The van der Waals surface area contributed by atoms with Gasteiger partial charge in [-0.25, -0.2) is 13.2 Å². The molecule has 6 heteroatoms. The molecule has 1 aromatic carbocycles. The van der Waals surface area contributed by atoms with Crippen LogP contribution >= 0.6 is 0 Å². The second-order valence-electron chi connectivity index (χ2n) is 5.50. The third-order valence-corrected chi connectivity index (χ3v) is 5.63. The number of ether oxygens (including phenoxy) is 1. The van der Waals surface area contributed by atoms with E-state index in [1.807, 2.05) is 19.9 Å². The van der Waals surface area contributed by atoms with Gasteiger partial charge in [0, 0.05) is 0 Å². The molecule has 23 heavy (non-hydrogen) atoms. The number of hydrogen-bond donors (Lipinski definition) is 0. The van der Waals surface area contributed by atoms with Gasteiger partial charge in [-0.05, 0) is 44.9 Å². The van der Waals surface area contributed by atoms with E-state index in [1.54, 1.807) is 25.1 Å². The number of nitrogens with zero attached hydrogens (tertiary/aromatic N) is 1. The first kappa shape index (κ1) is 17.3. The first-order chi connectivity index (χ1) is 10.8. The van der Waals surface area contributed by atoms with E-state index in [0.717, 1.165) is 15.4 Å². The van der Waals surface area contributed by atoms with E-state index < -0.39 is 28.3 Å². The highest BCUT2D eigenvalue weighted by molar-refractivity contribution is 7.89. The van der Waals surface area contributed by atoms with E-state index in [4.69, 9.17) is 4.74 Å². The summed E-state index contributed by atoms with van der Waals surface area (Å²) in [7, 11) is -3.98. The third-order valence-electron chi connectivity index (χ3n) is 3.87. The van der Waals surface area contributed by atoms with Crippen LogP contribution < -0.4 is 0 Å². The normalized spacial score (nSPS) is 22.1. The number of cyclic esters (lactones) is 1. The van der Waals surface area contributed by atoms with Crippen molar-refractivity contribution in [3.63, 3.8) is 0 Å². The van der Waals surface area contributed by atoms with Crippen LogP contribution in [0.5, 0.6) is 0 Å². The van der Waals surface area contributed by atoms with Gasteiger partial charge in [0.05, 0.1) is 4.90 Å². The fourth-order valence-corrected chi connectivity index (χ4v) is 4.23. The fourth-order valence-electron chi connectivity index (χ4n) is 2.68. The van der Waals surface area contributed by atoms with Crippen molar-refractivity contribution in [1.29, 1.82) is 0 Å². The number of sulfonamides is 1. The molecule has 0 aromatic heterocycles. The molecule has 0 unspecified atom stereocenters. The molecule has 2 rings (SSSR count). The third kappa shape index (κ3) is 3.17. The van der Waals surface area contributed by atoms with Crippen molar-refractivity contribution in [2.75, 3.05) is 0 Å². The van der Waals surface area contributed by atoms with Gasteiger partial charge in [-0.15, -0.1) is 6.58 Å². The highest BCUT2D eigenvalue weighted by atomic mass is 32.2. The molecule has 1 heterocycles. The zero-order valence-electron chi connectivity index (χ0n) is 13.5. The van der Waals surface area contributed by atoms with Crippen LogP contribution in [0.4, 0.5) is 4.79 Å². The van der Waals surface area contributed by atoms with Crippen LogP contribution in [-0.4, -0.2) is 31.0 Å². The van der Waals surface area contributed by atoms with E-state index >= 15 is 0 Å². The van der Waals surface area contributed by atoms with Gasteiger partial charge in [0.1, 0.15) is 12.1 Å². The number of hydrogen-bond acceptors (Lipinski definition) is 4. The van der Waals surface area contributed by atoms with E-state index in [-0.39, 0.29) is 4.90 Å². The Morgan fingerprint density at radius 2 is 1.96 bits per heavy atom. The lowest BCUT2D eigenvalue weighted by atomic mass is 10.00. The molecule has 0 N–H and O–H groups in total. The molecule has 0 bridgehead atoms. The van der Waals surface area contributed by atoms with Crippen molar-refractivity contribution in [2.24, 2.45) is 0 Å². The van der Waals surface area contributed by atoms with Gasteiger partial charge in [0.25, 0.3) is 10.0 Å². The van der Waals surface area contributed by atoms with Crippen molar-refractivity contribution in [3.05, 3.63) is 54.1 Å². The van der Waals surface area contributed by atoms with Crippen LogP contribution in [0.15, 0.2) is 53.5 Å². The highest BCUT2D eigenvalue weighted by Crippen LogP contribution is 2.32. The molecule has 1 aliphatic rings. The second kappa shape index (κ2) is 6.58. The van der Waals surface area contributed by atoms with Crippen LogP contribution in [0, 0.1) is 6.92 Å². The monoisotopic (exact) mass is 335 g/mol. The number of aryl methyl sites for hydroxylation is 1. The summed E-state index contributed by atoms with van der Waals surface area (Å²) in [6.07, 6.45) is 2.59. The minimum atomic E-state index is -3.98. The molecule has 5 nitrogen and oxygen atoms in total. The van der Waals surface area contributed by atoms with Crippen molar-refractivity contribution in [2.45, 2.75) is 44.2 Å². The number of amides is 1. The maximum absolute atomic E-state index is 12.9. The lowest BCUT2D eigenvalue weighted by molar-refractivity contribution is 0.141. The lowest BCUT2D eigenvalue weighted by Crippen LogP contribution is -2.41. The smallest absolute Gasteiger partial charge is 0.424 e. The number of carbonyl (C=O) groups is 1. The standard InChI is InChI=1S/C17H21NO4S/c1-5-7-14(6-2)16-13(4)22-17(19)18(16)23(20,21)15-10-8-12(3)9-11-15/h5-6,8-11,13,16H,1,7H2,2-4H3/b14-6+/t13-,16+/m0/s1. The van der Waals surface area contributed by atoms with Gasteiger partial charge in [-0.3, -0.25) is 0 Å². The van der Waals surface area contributed by atoms with E-state index in [2.05, 4.69) is 6.58 Å². The summed E-state index contributed by atoms with van der Waals surface area (Å²) < 4.78 is 31.8. The Kier molecular flexibility index (Phi) is 4.94. The van der Waals surface area contributed by atoms with E-state index in [1.165, 1.54) is 12.1 Å². The minimum Gasteiger partial charge on any atom is -0.443 e. The summed E-state index contributed by atoms with van der Waals surface area (Å²) in [5, 5.41) is 0. The summed E-state index contributed by atoms with van der Waals surface area (Å²) in [4.78, 5) is 12.3. The zero-order valence-corrected chi connectivity index (χ0v) is 14.3. The Morgan fingerprint density at radius 1 is 1.35 bits per heavy atom. The molecule has 0 aliphatic carbocycles. The van der Waals surface area contributed by atoms with Crippen molar-refractivity contribution in [1.82, 2.24) is 4.31 Å². The van der Waals surface area contributed by atoms with E-state index in [9.17, 15) is 13.2 Å². The summed E-state index contributed by atoms with van der Waals surface area (Å²) in [5.74, 6) is 0. The predicted molar refractivity (Wildman–Crippen MR) is 88.5 cm³/mol. The first-order valence-corrected chi connectivity index (χ1v) is 8.84. The molecule has 2 atom stereocenters. The van der Waals surface area contributed by atoms with Gasteiger partial charge < -0.3 is 4.74 Å². The fraction of sp³-hybridized carbons (Fsp3) is 0.353. The lowest BCUT2D eigenvalue weighted by Gasteiger charge is -2.25. The number of carbonyl (C=O) groups excluding carboxylic acids is 1. The Morgan fingerprint density at radius 3 is 2.48 bits per heavy atom. The van der Waals surface area contributed by atoms with Crippen LogP contribution in [0.1, 0.15) is 25.8 Å².